The average molecular weight is 349 g/mol. The number of rotatable bonds is 4. The van der Waals surface area contributed by atoms with Crippen LogP contribution < -0.4 is 10.1 Å². The maximum Gasteiger partial charge on any atom is 0.223 e. The van der Waals surface area contributed by atoms with Crippen LogP contribution in [0.5, 0.6) is 5.75 Å². The molecule has 4 rings (SSSR count). The minimum atomic E-state index is 0.00107. The van der Waals surface area contributed by atoms with Crippen molar-refractivity contribution in [2.45, 2.75) is 32.7 Å². The Bertz CT molecular complexity index is 944. The molecule has 1 aromatic carbocycles. The van der Waals surface area contributed by atoms with E-state index in [1.165, 1.54) is 11.3 Å². The number of aromatic nitrogens is 2. The molecule has 0 spiro atoms. The summed E-state index contributed by atoms with van der Waals surface area (Å²) in [4.78, 5) is 17.4. The first-order chi connectivity index (χ1) is 12.6. The van der Waals surface area contributed by atoms with Crippen LogP contribution in [0, 0.1) is 12.8 Å². The maximum atomic E-state index is 12.7. The molecule has 2 aromatic heterocycles. The van der Waals surface area contributed by atoms with Gasteiger partial charge in [-0.25, -0.2) is 4.98 Å². The van der Waals surface area contributed by atoms with E-state index in [9.17, 15) is 4.79 Å². The fourth-order valence-electron chi connectivity index (χ4n) is 3.61. The van der Waals surface area contributed by atoms with E-state index in [-0.39, 0.29) is 11.8 Å². The summed E-state index contributed by atoms with van der Waals surface area (Å²) in [5.41, 5.74) is 5.55. The number of carbonyl (C=O) groups is 1. The Hall–Kier alpha value is -2.82. The molecule has 1 unspecified atom stereocenters. The Morgan fingerprint density at radius 2 is 2.08 bits per heavy atom. The third-order valence-corrected chi connectivity index (χ3v) is 5.11. The Morgan fingerprint density at radius 3 is 2.85 bits per heavy atom. The predicted octanol–water partition coefficient (Wildman–Crippen LogP) is 3.07. The number of amides is 1. The lowest BCUT2D eigenvalue weighted by atomic mass is 9.89. The molecule has 26 heavy (non-hydrogen) atoms. The Balaban J connectivity index is 1.45. The first-order valence-corrected chi connectivity index (χ1v) is 9.01. The van der Waals surface area contributed by atoms with Crippen molar-refractivity contribution in [1.82, 2.24) is 14.7 Å². The molecule has 1 aliphatic carbocycles. The molecule has 0 fully saturated rings. The topological polar surface area (TPSA) is 55.6 Å². The van der Waals surface area contributed by atoms with E-state index in [2.05, 4.69) is 28.9 Å². The highest BCUT2D eigenvalue weighted by Crippen LogP contribution is 2.27. The predicted molar refractivity (Wildman–Crippen MR) is 100 cm³/mol. The summed E-state index contributed by atoms with van der Waals surface area (Å²) in [6, 6.07) is 11.9. The van der Waals surface area contributed by atoms with Crippen molar-refractivity contribution in [3.05, 3.63) is 65.1 Å². The number of fused-ring (bicyclic) bond motifs is 3. The van der Waals surface area contributed by atoms with Gasteiger partial charge in [0.15, 0.2) is 0 Å². The summed E-state index contributed by atoms with van der Waals surface area (Å²) >= 11 is 0. The molecule has 0 radical (unpaired) electrons. The van der Waals surface area contributed by atoms with Gasteiger partial charge < -0.3 is 14.5 Å². The third kappa shape index (κ3) is 3.17. The minimum absolute atomic E-state index is 0.00107. The largest absolute Gasteiger partial charge is 0.497 e. The number of hydrogen-bond donors (Lipinski definition) is 1. The van der Waals surface area contributed by atoms with Gasteiger partial charge in [-0.15, -0.1) is 0 Å². The molecule has 5 heteroatoms. The van der Waals surface area contributed by atoms with Crippen molar-refractivity contribution in [3.63, 3.8) is 0 Å². The van der Waals surface area contributed by atoms with E-state index < -0.39 is 0 Å². The number of carbonyl (C=O) groups excluding carboxylic acids is 1. The fraction of sp³-hybridized carbons (Fsp3) is 0.333. The molecule has 0 aliphatic heterocycles. The van der Waals surface area contributed by atoms with Crippen LogP contribution in [-0.2, 0) is 24.2 Å². The van der Waals surface area contributed by atoms with Crippen LogP contribution >= 0.6 is 0 Å². The molecule has 3 aromatic rings. The van der Waals surface area contributed by atoms with Crippen molar-refractivity contribution in [2.24, 2.45) is 5.92 Å². The van der Waals surface area contributed by atoms with E-state index in [0.717, 1.165) is 41.9 Å². The number of nitrogens with one attached hydrogen (secondary N) is 1. The van der Waals surface area contributed by atoms with Crippen molar-refractivity contribution >= 4 is 11.6 Å². The number of benzene rings is 1. The molecule has 1 N–H and O–H groups in total. The molecule has 2 heterocycles. The third-order valence-electron chi connectivity index (χ3n) is 5.11. The van der Waals surface area contributed by atoms with E-state index >= 15 is 0 Å². The highest BCUT2D eigenvalue weighted by Gasteiger charge is 2.27. The van der Waals surface area contributed by atoms with Crippen molar-refractivity contribution in [3.8, 4) is 5.75 Å². The molecule has 1 aliphatic rings. The summed E-state index contributed by atoms with van der Waals surface area (Å²) in [7, 11) is 1.65. The maximum absolute atomic E-state index is 12.7. The fourth-order valence-corrected chi connectivity index (χ4v) is 3.61. The number of methoxy groups -OCH3 is 1. The van der Waals surface area contributed by atoms with Gasteiger partial charge in [0.25, 0.3) is 0 Å². The van der Waals surface area contributed by atoms with Gasteiger partial charge in [0.2, 0.25) is 5.91 Å². The number of nitrogens with zero attached hydrogens (tertiary/aromatic N) is 2. The molecule has 0 saturated carbocycles. The van der Waals surface area contributed by atoms with E-state index in [4.69, 9.17) is 9.72 Å². The second kappa shape index (κ2) is 6.83. The number of imidazole rings is 1. The first-order valence-electron chi connectivity index (χ1n) is 9.01. The minimum Gasteiger partial charge on any atom is -0.497 e. The van der Waals surface area contributed by atoms with Crippen LogP contribution in [0.2, 0.25) is 0 Å². The lowest BCUT2D eigenvalue weighted by Crippen LogP contribution is -2.34. The number of ether oxygens (including phenoxy) is 1. The van der Waals surface area contributed by atoms with Crippen molar-refractivity contribution in [1.29, 1.82) is 0 Å². The molecular formula is C21H23N3O2. The molecule has 134 valence electrons. The number of hydrogen-bond acceptors (Lipinski definition) is 3. The Labute approximate surface area is 153 Å². The SMILES string of the molecule is COc1ccc(CNC(=O)C2CCc3nc4ccc(C)cn4c3C2)cc1. The zero-order valence-corrected chi connectivity index (χ0v) is 15.2. The van der Waals surface area contributed by atoms with Gasteiger partial charge in [-0.2, -0.15) is 0 Å². The zero-order chi connectivity index (χ0) is 18.1. The lowest BCUT2D eigenvalue weighted by Gasteiger charge is -2.21. The summed E-state index contributed by atoms with van der Waals surface area (Å²) in [6.07, 6.45) is 4.56. The van der Waals surface area contributed by atoms with Gasteiger partial charge in [0.05, 0.1) is 12.8 Å². The lowest BCUT2D eigenvalue weighted by molar-refractivity contribution is -0.125. The second-order valence-electron chi connectivity index (χ2n) is 6.95. The van der Waals surface area contributed by atoms with Crippen LogP contribution in [0.25, 0.3) is 5.65 Å². The van der Waals surface area contributed by atoms with E-state index in [0.29, 0.717) is 6.54 Å². The van der Waals surface area contributed by atoms with Gasteiger partial charge in [-0.3, -0.25) is 4.79 Å². The summed E-state index contributed by atoms with van der Waals surface area (Å²) in [5, 5.41) is 3.08. The summed E-state index contributed by atoms with van der Waals surface area (Å²) < 4.78 is 7.31. The quantitative estimate of drug-likeness (QED) is 0.787. The molecule has 1 amide bonds. The van der Waals surface area contributed by atoms with Crippen LogP contribution in [0.15, 0.2) is 42.6 Å². The second-order valence-corrected chi connectivity index (χ2v) is 6.95. The highest BCUT2D eigenvalue weighted by molar-refractivity contribution is 5.79. The Kier molecular flexibility index (Phi) is 4.37. The van der Waals surface area contributed by atoms with Crippen LogP contribution in [-0.4, -0.2) is 22.4 Å². The van der Waals surface area contributed by atoms with Crippen LogP contribution in [0.4, 0.5) is 0 Å². The van der Waals surface area contributed by atoms with Gasteiger partial charge in [0.1, 0.15) is 11.4 Å². The van der Waals surface area contributed by atoms with Crippen LogP contribution in [0.3, 0.4) is 0 Å². The van der Waals surface area contributed by atoms with Crippen LogP contribution in [0.1, 0.15) is 28.9 Å². The summed E-state index contributed by atoms with van der Waals surface area (Å²) in [5.74, 6) is 0.943. The normalized spacial score (nSPS) is 16.3. The zero-order valence-electron chi connectivity index (χ0n) is 15.2. The van der Waals surface area contributed by atoms with E-state index in [1.54, 1.807) is 7.11 Å². The van der Waals surface area contributed by atoms with Gasteiger partial charge in [-0.1, -0.05) is 18.2 Å². The monoisotopic (exact) mass is 349 g/mol. The first kappa shape index (κ1) is 16.6. The molecule has 1 atom stereocenters. The molecular weight excluding hydrogens is 326 g/mol. The van der Waals surface area contributed by atoms with Gasteiger partial charge in [-0.05, 0) is 49.1 Å². The summed E-state index contributed by atoms with van der Waals surface area (Å²) in [6.45, 7) is 2.62. The molecule has 0 saturated heterocycles. The standard InChI is InChI=1S/C21H23N3O2/c1-14-3-10-20-23-18-9-6-16(11-19(18)24(20)13-14)21(25)22-12-15-4-7-17(26-2)8-5-15/h3-5,7-8,10,13,16H,6,9,11-12H2,1-2H3,(H,22,25). The number of aryl methyl sites for hydroxylation is 2. The average Bonchev–Trinajstić information content (AvgIpc) is 3.03. The Morgan fingerprint density at radius 1 is 1.27 bits per heavy atom. The smallest absolute Gasteiger partial charge is 0.223 e. The molecule has 5 nitrogen and oxygen atoms in total. The van der Waals surface area contributed by atoms with E-state index in [1.807, 2.05) is 30.3 Å². The molecule has 0 bridgehead atoms. The van der Waals surface area contributed by atoms with Crippen molar-refractivity contribution < 1.29 is 9.53 Å². The number of pyridine rings is 1. The van der Waals surface area contributed by atoms with Crippen molar-refractivity contribution in [2.75, 3.05) is 7.11 Å². The van der Waals surface area contributed by atoms with Gasteiger partial charge >= 0.3 is 0 Å². The highest BCUT2D eigenvalue weighted by atomic mass is 16.5. The van der Waals surface area contributed by atoms with Gasteiger partial charge in [0, 0.05) is 30.8 Å².